The molecule has 1 aromatic heterocycles. The van der Waals surface area contributed by atoms with Crippen LogP contribution in [0.3, 0.4) is 0 Å². The van der Waals surface area contributed by atoms with Gasteiger partial charge in [0.15, 0.2) is 5.96 Å². The van der Waals surface area contributed by atoms with Gasteiger partial charge in [-0.3, -0.25) is 4.99 Å². The van der Waals surface area contributed by atoms with E-state index in [9.17, 15) is 0 Å². The molecule has 0 unspecified atom stereocenters. The molecular weight excluding hydrogens is 278 g/mol. The first-order valence-corrected chi connectivity index (χ1v) is 7.33. The summed E-state index contributed by atoms with van der Waals surface area (Å²) in [4.78, 5) is 6.92. The molecule has 0 saturated carbocycles. The number of nitrogens with two attached hydrogens (primary N) is 2. The average molecular weight is 303 g/mol. The third kappa shape index (κ3) is 5.47. The number of hydrogen-bond acceptors (Lipinski definition) is 3. The molecule has 2 aromatic rings. The SMILES string of the molecule is CCCCCN=C(N)N.COc1ccc2[nH]cc(C=N)c2c1. The average Bonchev–Trinajstić information content (AvgIpc) is 2.94. The molecule has 0 radical (unpaired) electrons. The number of guanidine groups is 1. The number of benzene rings is 1. The van der Waals surface area contributed by atoms with Crippen molar-refractivity contribution in [1.29, 1.82) is 5.41 Å². The van der Waals surface area contributed by atoms with Crippen LogP contribution in [-0.4, -0.2) is 30.8 Å². The van der Waals surface area contributed by atoms with Crippen LogP contribution in [0.1, 0.15) is 31.7 Å². The summed E-state index contributed by atoms with van der Waals surface area (Å²) < 4.78 is 5.10. The number of nitrogens with zero attached hydrogens (tertiary/aromatic N) is 1. The topological polar surface area (TPSA) is 113 Å². The summed E-state index contributed by atoms with van der Waals surface area (Å²) in [5, 5.41) is 8.21. The maximum Gasteiger partial charge on any atom is 0.185 e. The van der Waals surface area contributed by atoms with Crippen molar-refractivity contribution in [3.63, 3.8) is 0 Å². The smallest absolute Gasteiger partial charge is 0.185 e. The first-order valence-electron chi connectivity index (χ1n) is 7.33. The third-order valence-electron chi connectivity index (χ3n) is 3.13. The fourth-order valence-electron chi connectivity index (χ4n) is 1.94. The normalized spacial score (nSPS) is 9.73. The Balaban J connectivity index is 0.000000239. The fourth-order valence-corrected chi connectivity index (χ4v) is 1.94. The summed E-state index contributed by atoms with van der Waals surface area (Å²) in [5.41, 5.74) is 12.1. The van der Waals surface area contributed by atoms with E-state index in [4.69, 9.17) is 21.6 Å². The highest BCUT2D eigenvalue weighted by Crippen LogP contribution is 2.22. The molecule has 6 N–H and O–H groups in total. The minimum absolute atomic E-state index is 0.200. The number of aliphatic imine (C=N–C) groups is 1. The van der Waals surface area contributed by atoms with Gasteiger partial charge in [0, 0.05) is 35.4 Å². The number of nitrogens with one attached hydrogen (secondary N) is 2. The predicted octanol–water partition coefficient (Wildman–Crippen LogP) is 2.62. The molecule has 0 fully saturated rings. The van der Waals surface area contributed by atoms with Crippen LogP contribution < -0.4 is 16.2 Å². The van der Waals surface area contributed by atoms with Crippen LogP contribution >= 0.6 is 0 Å². The van der Waals surface area contributed by atoms with Crippen LogP contribution in [-0.2, 0) is 0 Å². The van der Waals surface area contributed by atoms with Crippen molar-refractivity contribution in [1.82, 2.24) is 4.98 Å². The van der Waals surface area contributed by atoms with Gasteiger partial charge in [-0.2, -0.15) is 0 Å². The Morgan fingerprint density at radius 1 is 1.36 bits per heavy atom. The maximum atomic E-state index is 7.18. The Kier molecular flexibility index (Phi) is 7.53. The Hall–Kier alpha value is -2.50. The summed E-state index contributed by atoms with van der Waals surface area (Å²) in [6.45, 7) is 2.92. The van der Waals surface area contributed by atoms with E-state index >= 15 is 0 Å². The van der Waals surface area contributed by atoms with Crippen molar-refractivity contribution in [2.24, 2.45) is 16.5 Å². The molecular formula is C16H25N5O. The number of methoxy groups -OCH3 is 1. The van der Waals surface area contributed by atoms with Gasteiger partial charge in [0.05, 0.1) is 7.11 Å². The molecule has 0 aliphatic rings. The lowest BCUT2D eigenvalue weighted by atomic mass is 10.2. The standard InChI is InChI=1S/C10H10N2O.C6H15N3/c1-13-8-2-3-10-9(4-8)7(5-11)6-12-10;1-2-3-4-5-9-6(7)8/h2-6,11-12H,1H3;2-5H2,1H3,(H4,7,8,9). The minimum Gasteiger partial charge on any atom is -0.497 e. The second kappa shape index (κ2) is 9.44. The molecule has 120 valence electrons. The second-order valence-corrected chi connectivity index (χ2v) is 4.81. The molecule has 2 rings (SSSR count). The summed E-state index contributed by atoms with van der Waals surface area (Å²) in [6.07, 6.45) is 6.65. The van der Waals surface area contributed by atoms with Gasteiger partial charge in [0.25, 0.3) is 0 Å². The van der Waals surface area contributed by atoms with Crippen LogP contribution in [0.2, 0.25) is 0 Å². The van der Waals surface area contributed by atoms with Crippen LogP contribution in [0.25, 0.3) is 10.9 Å². The molecule has 1 aromatic carbocycles. The van der Waals surface area contributed by atoms with E-state index in [1.54, 1.807) is 7.11 Å². The molecule has 6 heteroatoms. The quantitative estimate of drug-likeness (QED) is 0.373. The number of ether oxygens (including phenoxy) is 1. The molecule has 0 aliphatic carbocycles. The highest BCUT2D eigenvalue weighted by molar-refractivity contribution is 5.98. The monoisotopic (exact) mass is 303 g/mol. The number of aromatic nitrogens is 1. The number of fused-ring (bicyclic) bond motifs is 1. The van der Waals surface area contributed by atoms with Gasteiger partial charge in [-0.05, 0) is 24.6 Å². The molecule has 0 saturated heterocycles. The Bertz CT molecular complexity index is 614. The molecule has 22 heavy (non-hydrogen) atoms. The van der Waals surface area contributed by atoms with Crippen LogP contribution in [0, 0.1) is 5.41 Å². The van der Waals surface area contributed by atoms with Gasteiger partial charge in [-0.25, -0.2) is 0 Å². The molecule has 0 aliphatic heterocycles. The van der Waals surface area contributed by atoms with Gasteiger partial charge in [0.2, 0.25) is 0 Å². The van der Waals surface area contributed by atoms with Crippen molar-refractivity contribution < 1.29 is 4.74 Å². The molecule has 0 atom stereocenters. The number of rotatable bonds is 6. The number of aromatic amines is 1. The summed E-state index contributed by atoms with van der Waals surface area (Å²) in [5.74, 6) is 1.02. The van der Waals surface area contributed by atoms with Gasteiger partial charge >= 0.3 is 0 Å². The Labute approximate surface area is 131 Å². The van der Waals surface area contributed by atoms with E-state index in [0.29, 0.717) is 0 Å². The lowest BCUT2D eigenvalue weighted by molar-refractivity contribution is 0.415. The van der Waals surface area contributed by atoms with E-state index < -0.39 is 0 Å². The largest absolute Gasteiger partial charge is 0.497 e. The van der Waals surface area contributed by atoms with Crippen LogP contribution in [0.4, 0.5) is 0 Å². The van der Waals surface area contributed by atoms with Gasteiger partial charge < -0.3 is 26.6 Å². The van der Waals surface area contributed by atoms with E-state index in [-0.39, 0.29) is 5.96 Å². The summed E-state index contributed by atoms with van der Waals surface area (Å²) in [7, 11) is 1.64. The highest BCUT2D eigenvalue weighted by Gasteiger charge is 2.01. The maximum absolute atomic E-state index is 7.18. The van der Waals surface area contributed by atoms with Crippen molar-refractivity contribution in [2.75, 3.05) is 13.7 Å². The molecule has 1 heterocycles. The predicted molar refractivity (Wildman–Crippen MR) is 92.9 cm³/mol. The third-order valence-corrected chi connectivity index (χ3v) is 3.13. The summed E-state index contributed by atoms with van der Waals surface area (Å²) >= 11 is 0. The zero-order chi connectivity index (χ0) is 16.4. The zero-order valence-electron chi connectivity index (χ0n) is 13.2. The first-order chi connectivity index (χ1) is 10.6. The number of unbranched alkanes of at least 4 members (excludes halogenated alkanes) is 2. The molecule has 0 spiro atoms. The van der Waals surface area contributed by atoms with Gasteiger partial charge in [0.1, 0.15) is 5.75 Å². The highest BCUT2D eigenvalue weighted by atomic mass is 16.5. The first kappa shape index (κ1) is 17.6. The second-order valence-electron chi connectivity index (χ2n) is 4.81. The summed E-state index contributed by atoms with van der Waals surface area (Å²) in [6, 6.07) is 5.76. The van der Waals surface area contributed by atoms with E-state index in [1.165, 1.54) is 19.1 Å². The lowest BCUT2D eigenvalue weighted by Crippen LogP contribution is -2.22. The van der Waals surface area contributed by atoms with Crippen molar-refractivity contribution >= 4 is 23.1 Å². The van der Waals surface area contributed by atoms with E-state index in [0.717, 1.165) is 35.2 Å². The zero-order valence-corrected chi connectivity index (χ0v) is 13.2. The fraction of sp³-hybridized carbons (Fsp3) is 0.375. The molecule has 0 amide bonds. The number of hydrogen-bond donors (Lipinski definition) is 4. The van der Waals surface area contributed by atoms with Crippen LogP contribution in [0.15, 0.2) is 29.4 Å². The molecule has 0 bridgehead atoms. The van der Waals surface area contributed by atoms with Crippen molar-refractivity contribution in [2.45, 2.75) is 26.2 Å². The van der Waals surface area contributed by atoms with Gasteiger partial charge in [-0.15, -0.1) is 0 Å². The number of H-pyrrole nitrogens is 1. The van der Waals surface area contributed by atoms with Crippen molar-refractivity contribution in [3.05, 3.63) is 30.0 Å². The van der Waals surface area contributed by atoms with Crippen LogP contribution in [0.5, 0.6) is 5.75 Å². The van der Waals surface area contributed by atoms with Gasteiger partial charge in [-0.1, -0.05) is 19.8 Å². The van der Waals surface area contributed by atoms with Crippen molar-refractivity contribution in [3.8, 4) is 5.75 Å². The lowest BCUT2D eigenvalue weighted by Gasteiger charge is -1.98. The van der Waals surface area contributed by atoms with E-state index in [2.05, 4.69) is 16.9 Å². The Morgan fingerprint density at radius 2 is 2.14 bits per heavy atom. The molecule has 6 nitrogen and oxygen atoms in total. The Morgan fingerprint density at radius 3 is 2.73 bits per heavy atom. The van der Waals surface area contributed by atoms with E-state index in [1.807, 2.05) is 24.4 Å². The minimum atomic E-state index is 0.200.